The molecule has 0 fully saturated rings. The Bertz CT molecular complexity index is 1870. The second-order valence-electron chi connectivity index (χ2n) is 14.7. The fourth-order valence-corrected chi connectivity index (χ4v) is 7.57. The van der Waals surface area contributed by atoms with Gasteiger partial charge in [-0.25, -0.2) is 8.42 Å². The van der Waals surface area contributed by atoms with Gasteiger partial charge in [0, 0.05) is 6.07 Å². The molecule has 2 N–H and O–H groups in total. The molecule has 0 atom stereocenters. The summed E-state index contributed by atoms with van der Waals surface area (Å²) in [6, 6.07) is 21.8. The van der Waals surface area contributed by atoms with E-state index in [-0.39, 0.29) is 59.9 Å². The first-order valence-electron chi connectivity index (χ1n) is 20.9. The SMILES string of the molecule is CCCCCCCCCCCc1ccccc1Oc1ccc(S(=O)(=O)O)cc1O.CCCCCCCCCCCc1ccccc1Oc1ccc(S(=O)(=O)[O-])cc1[O-].[Ca+2]. The molecule has 0 amide bonds. The zero-order chi connectivity index (χ0) is 42.2. The number of aromatic hydroxyl groups is 1. The van der Waals surface area contributed by atoms with Crippen LogP contribution in [0.15, 0.2) is 94.7 Å². The molecule has 0 unspecified atom stereocenters. The molecule has 0 radical (unpaired) electrons. The molecule has 0 saturated carbocycles. The molecule has 0 aliphatic rings. The molecule has 0 aromatic heterocycles. The van der Waals surface area contributed by atoms with E-state index < -0.39 is 30.9 Å². The number of rotatable bonds is 26. The summed E-state index contributed by atoms with van der Waals surface area (Å²) in [6.45, 7) is 4.46. The number of aryl methyl sites for hydroxylation is 2. The van der Waals surface area contributed by atoms with E-state index in [1.54, 1.807) is 6.07 Å². The molecular weight excluding hydrogens is 817 g/mol. The topological polar surface area (TPSA) is 173 Å². The molecule has 0 aliphatic heterocycles. The van der Waals surface area contributed by atoms with Crippen LogP contribution in [0, 0.1) is 0 Å². The molecule has 4 rings (SSSR count). The van der Waals surface area contributed by atoms with E-state index in [9.17, 15) is 31.6 Å². The molecule has 0 heterocycles. The Morgan fingerprint density at radius 1 is 0.508 bits per heavy atom. The minimum atomic E-state index is -4.66. The van der Waals surface area contributed by atoms with E-state index in [4.69, 9.17) is 14.0 Å². The van der Waals surface area contributed by atoms with Crippen LogP contribution < -0.4 is 14.6 Å². The number of benzene rings is 4. The summed E-state index contributed by atoms with van der Waals surface area (Å²) < 4.78 is 76.1. The van der Waals surface area contributed by atoms with E-state index in [1.807, 2.05) is 42.5 Å². The van der Waals surface area contributed by atoms with Crippen LogP contribution in [0.2, 0.25) is 0 Å². The third kappa shape index (κ3) is 20.5. The molecule has 0 saturated heterocycles. The van der Waals surface area contributed by atoms with E-state index in [1.165, 1.54) is 115 Å². The quantitative estimate of drug-likeness (QED) is 0.0351. The van der Waals surface area contributed by atoms with Crippen molar-refractivity contribution in [3.63, 3.8) is 0 Å². The average molecular weight is 879 g/mol. The third-order valence-electron chi connectivity index (χ3n) is 9.92. The normalized spacial score (nSPS) is 11.3. The summed E-state index contributed by atoms with van der Waals surface area (Å²) >= 11 is 0. The van der Waals surface area contributed by atoms with Crippen molar-refractivity contribution < 1.29 is 45.6 Å². The molecule has 0 bridgehead atoms. The maximum absolute atomic E-state index is 12.1. The van der Waals surface area contributed by atoms with Gasteiger partial charge in [-0.1, -0.05) is 159 Å². The van der Waals surface area contributed by atoms with Crippen LogP contribution in [0.25, 0.3) is 0 Å². The zero-order valence-corrected chi connectivity index (χ0v) is 38.8. The molecule has 0 aliphatic carbocycles. The first-order valence-corrected chi connectivity index (χ1v) is 23.8. The van der Waals surface area contributed by atoms with Crippen LogP contribution in [0.3, 0.4) is 0 Å². The van der Waals surface area contributed by atoms with Crippen LogP contribution in [-0.2, 0) is 33.1 Å². The van der Waals surface area contributed by atoms with Gasteiger partial charge in [0.25, 0.3) is 10.1 Å². The minimum Gasteiger partial charge on any atom is -0.870 e. The number of hydrogen-bond donors (Lipinski definition) is 2. The van der Waals surface area contributed by atoms with Crippen LogP contribution >= 0.6 is 0 Å². The number of hydrogen-bond acceptors (Lipinski definition) is 9. The van der Waals surface area contributed by atoms with Crippen molar-refractivity contribution in [2.45, 2.75) is 152 Å². The Morgan fingerprint density at radius 3 is 1.31 bits per heavy atom. The van der Waals surface area contributed by atoms with Gasteiger partial charge in [0.1, 0.15) is 27.4 Å². The van der Waals surface area contributed by atoms with Crippen molar-refractivity contribution in [3.05, 3.63) is 96.1 Å². The first kappa shape index (κ1) is 52.3. The summed E-state index contributed by atoms with van der Waals surface area (Å²) in [6.07, 6.45) is 24.4. The van der Waals surface area contributed by atoms with Gasteiger partial charge in [0.2, 0.25) is 0 Å². The number of ether oxygens (including phenoxy) is 2. The molecule has 0 spiro atoms. The predicted octanol–water partition coefficient (Wildman–Crippen LogP) is 11.7. The Labute approximate surface area is 383 Å². The van der Waals surface area contributed by atoms with E-state index in [2.05, 4.69) is 13.8 Å². The second-order valence-corrected chi connectivity index (χ2v) is 17.5. The maximum atomic E-state index is 12.1. The van der Waals surface area contributed by atoms with Crippen molar-refractivity contribution >= 4 is 58.0 Å². The van der Waals surface area contributed by atoms with Crippen LogP contribution in [0.1, 0.15) is 141 Å². The largest absolute Gasteiger partial charge is 2.00 e. The second kappa shape index (κ2) is 28.6. The fourth-order valence-electron chi connectivity index (χ4n) is 6.58. The average Bonchev–Trinajstić information content (AvgIpc) is 3.18. The number of para-hydroxylation sites is 2. The fraction of sp³-hybridized carbons (Fsp3) is 0.478. The third-order valence-corrected chi connectivity index (χ3v) is 11.6. The van der Waals surface area contributed by atoms with Crippen molar-refractivity contribution in [2.24, 2.45) is 0 Å². The van der Waals surface area contributed by atoms with Crippen molar-refractivity contribution in [3.8, 4) is 34.5 Å². The van der Waals surface area contributed by atoms with Crippen LogP contribution in [0.5, 0.6) is 34.5 Å². The molecule has 59 heavy (non-hydrogen) atoms. The van der Waals surface area contributed by atoms with Gasteiger partial charge in [-0.3, -0.25) is 4.55 Å². The summed E-state index contributed by atoms with van der Waals surface area (Å²) in [5.74, 6) is 0.426. The number of unbranched alkanes of at least 4 members (excludes halogenated alkanes) is 16. The number of phenolic OH excluding ortho intramolecular Hbond substituents is 1. The Hall–Kier alpha value is -2.84. The van der Waals surface area contributed by atoms with Gasteiger partial charge in [0.05, 0.1) is 9.79 Å². The standard InChI is InChI=1S/2C23H32O5S.Ca/c2*1-2-3-4-5-6-7-8-9-10-13-19-14-11-12-15-22(19)28-23-17-16-20(18-21(23)24)29(25,26)27;/h2*11-12,14-18,24H,2-10,13H2,1H3,(H,25,26,27);/q;;+2/p-2. The van der Waals surface area contributed by atoms with Crippen molar-refractivity contribution in [1.29, 1.82) is 0 Å². The Morgan fingerprint density at radius 2 is 0.898 bits per heavy atom. The van der Waals surface area contributed by atoms with Gasteiger partial charge < -0.3 is 24.2 Å². The maximum Gasteiger partial charge on any atom is 2.00 e. The van der Waals surface area contributed by atoms with Crippen molar-refractivity contribution in [2.75, 3.05) is 0 Å². The Kier molecular flexibility index (Phi) is 25.4. The molecule has 4 aromatic carbocycles. The molecular formula is C46H62CaO10S2. The molecule has 320 valence electrons. The summed E-state index contributed by atoms with van der Waals surface area (Å²) in [5.41, 5.74) is 2.06. The predicted molar refractivity (Wildman–Crippen MR) is 232 cm³/mol. The van der Waals surface area contributed by atoms with E-state index in [0.29, 0.717) is 11.5 Å². The summed E-state index contributed by atoms with van der Waals surface area (Å²) in [5, 5.41) is 22.2. The molecule has 13 heteroatoms. The molecule has 10 nitrogen and oxygen atoms in total. The molecule has 4 aromatic rings. The van der Waals surface area contributed by atoms with Gasteiger partial charge >= 0.3 is 37.7 Å². The monoisotopic (exact) mass is 878 g/mol. The first-order chi connectivity index (χ1) is 27.8. The van der Waals surface area contributed by atoms with Gasteiger partial charge in [-0.05, 0) is 79.3 Å². The van der Waals surface area contributed by atoms with Crippen LogP contribution in [-0.4, -0.2) is 68.8 Å². The van der Waals surface area contributed by atoms with Crippen molar-refractivity contribution in [1.82, 2.24) is 0 Å². The number of phenols is 1. The van der Waals surface area contributed by atoms with E-state index >= 15 is 0 Å². The minimum absolute atomic E-state index is 0. The summed E-state index contributed by atoms with van der Waals surface area (Å²) in [4.78, 5) is -0.914. The summed E-state index contributed by atoms with van der Waals surface area (Å²) in [7, 11) is -9.02. The van der Waals surface area contributed by atoms with Gasteiger partial charge in [-0.15, -0.1) is 0 Å². The van der Waals surface area contributed by atoms with Gasteiger partial charge in [-0.2, -0.15) is 8.42 Å². The Balaban J connectivity index is 0.000000400. The zero-order valence-electron chi connectivity index (χ0n) is 34.9. The van der Waals surface area contributed by atoms with E-state index in [0.717, 1.165) is 61.4 Å². The van der Waals surface area contributed by atoms with Gasteiger partial charge in [0.15, 0.2) is 11.5 Å². The van der Waals surface area contributed by atoms with Crippen LogP contribution in [0.4, 0.5) is 0 Å². The smallest absolute Gasteiger partial charge is 0.870 e.